The average molecular weight is 418 g/mol. The molecule has 0 spiro atoms. The lowest BCUT2D eigenvalue weighted by atomic mass is 10.0. The lowest BCUT2D eigenvalue weighted by Gasteiger charge is -2.17. The Hall–Kier alpha value is -1.43. The molecule has 1 rings (SSSR count). The number of aryl methyl sites for hydroxylation is 2. The second-order valence-electron chi connectivity index (χ2n) is 5.84. The van der Waals surface area contributed by atoms with Crippen LogP contribution >= 0.6 is 23.2 Å². The molecule has 1 aromatic rings. The zero-order valence-corrected chi connectivity index (χ0v) is 17.6. The normalized spacial score (nSPS) is 11.0. The standard InChI is InChI=1S/C20H29Cl2NO4/c1-3-16-14-18(26-13-8-19(21)22)15-17(4-2)20(16)27-12-6-5-10-25-11-7-9-23-24/h8-9,14-15,24H,3-7,10-13H2,1-2H3/b23-9+. The van der Waals surface area contributed by atoms with Crippen LogP contribution in [0.15, 0.2) is 27.9 Å². The Labute approximate surface area is 171 Å². The van der Waals surface area contributed by atoms with E-state index in [4.69, 9.17) is 42.6 Å². The molecule has 0 atom stereocenters. The second kappa shape index (κ2) is 14.6. The van der Waals surface area contributed by atoms with Crippen molar-refractivity contribution in [3.8, 4) is 11.5 Å². The summed E-state index contributed by atoms with van der Waals surface area (Å²) in [5.41, 5.74) is 2.26. The summed E-state index contributed by atoms with van der Waals surface area (Å²) in [5, 5.41) is 11.2. The minimum atomic E-state index is 0.201. The van der Waals surface area contributed by atoms with E-state index in [-0.39, 0.29) is 4.49 Å². The van der Waals surface area contributed by atoms with Crippen LogP contribution in [0.3, 0.4) is 0 Å². The topological polar surface area (TPSA) is 60.3 Å². The fourth-order valence-electron chi connectivity index (χ4n) is 2.49. The van der Waals surface area contributed by atoms with Crippen molar-refractivity contribution in [3.63, 3.8) is 0 Å². The molecule has 7 heteroatoms. The fraction of sp³-hybridized carbons (Fsp3) is 0.550. The smallest absolute Gasteiger partial charge is 0.125 e. The van der Waals surface area contributed by atoms with Crippen LogP contribution in [0.4, 0.5) is 0 Å². The minimum absolute atomic E-state index is 0.201. The third-order valence-corrected chi connectivity index (χ3v) is 4.18. The molecule has 0 aliphatic heterocycles. The van der Waals surface area contributed by atoms with Gasteiger partial charge in [0.25, 0.3) is 0 Å². The largest absolute Gasteiger partial charge is 0.493 e. The van der Waals surface area contributed by atoms with E-state index in [0.29, 0.717) is 32.8 Å². The Morgan fingerprint density at radius 3 is 2.30 bits per heavy atom. The van der Waals surface area contributed by atoms with Crippen LogP contribution in [-0.2, 0) is 17.6 Å². The first-order valence-electron chi connectivity index (χ1n) is 9.28. The molecule has 5 nitrogen and oxygen atoms in total. The summed E-state index contributed by atoms with van der Waals surface area (Å²) in [6, 6.07) is 4.02. The van der Waals surface area contributed by atoms with Crippen LogP contribution < -0.4 is 9.47 Å². The molecule has 0 saturated carbocycles. The lowest BCUT2D eigenvalue weighted by molar-refractivity contribution is 0.132. The van der Waals surface area contributed by atoms with E-state index in [1.165, 1.54) is 6.21 Å². The van der Waals surface area contributed by atoms with E-state index in [1.807, 2.05) is 12.1 Å². The molecule has 0 aliphatic carbocycles. The summed E-state index contributed by atoms with van der Waals surface area (Å²) < 4.78 is 17.4. The van der Waals surface area contributed by atoms with Crippen LogP contribution in [0.2, 0.25) is 0 Å². The zero-order valence-electron chi connectivity index (χ0n) is 16.0. The Balaban J connectivity index is 2.52. The molecular weight excluding hydrogens is 389 g/mol. The maximum absolute atomic E-state index is 8.29. The van der Waals surface area contributed by atoms with Gasteiger partial charge < -0.3 is 19.4 Å². The number of hydrogen-bond acceptors (Lipinski definition) is 5. The van der Waals surface area contributed by atoms with E-state index in [2.05, 4.69) is 19.0 Å². The Kier molecular flexibility index (Phi) is 12.8. The number of unbranched alkanes of at least 4 members (excludes halogenated alkanes) is 1. The highest BCUT2D eigenvalue weighted by Crippen LogP contribution is 2.31. The molecule has 0 fully saturated rings. The molecule has 1 aromatic carbocycles. The third-order valence-electron chi connectivity index (χ3n) is 3.87. The van der Waals surface area contributed by atoms with E-state index in [0.717, 1.165) is 48.3 Å². The van der Waals surface area contributed by atoms with Gasteiger partial charge in [-0.2, -0.15) is 0 Å². The van der Waals surface area contributed by atoms with Gasteiger partial charge >= 0.3 is 0 Å². The Morgan fingerprint density at radius 1 is 1.04 bits per heavy atom. The Bertz CT molecular complexity index is 577. The molecule has 152 valence electrons. The average Bonchev–Trinajstić information content (AvgIpc) is 2.66. The quantitative estimate of drug-likeness (QED) is 0.187. The van der Waals surface area contributed by atoms with E-state index >= 15 is 0 Å². The van der Waals surface area contributed by atoms with Crippen LogP contribution in [0, 0.1) is 0 Å². The van der Waals surface area contributed by atoms with Gasteiger partial charge in [-0.25, -0.2) is 0 Å². The molecule has 0 bridgehead atoms. The first-order chi connectivity index (χ1) is 13.1. The number of benzene rings is 1. The van der Waals surface area contributed by atoms with Gasteiger partial charge in [0.2, 0.25) is 0 Å². The third kappa shape index (κ3) is 9.89. The number of ether oxygens (including phenoxy) is 3. The van der Waals surface area contributed by atoms with Crippen molar-refractivity contribution in [2.45, 2.75) is 46.0 Å². The van der Waals surface area contributed by atoms with Crippen molar-refractivity contribution < 1.29 is 19.4 Å². The van der Waals surface area contributed by atoms with Gasteiger partial charge in [0.15, 0.2) is 0 Å². The van der Waals surface area contributed by atoms with Gasteiger partial charge in [-0.3, -0.25) is 0 Å². The highest BCUT2D eigenvalue weighted by Gasteiger charge is 2.11. The first kappa shape index (κ1) is 23.6. The molecular formula is C20H29Cl2NO4. The summed E-state index contributed by atoms with van der Waals surface area (Å²) in [7, 11) is 0. The van der Waals surface area contributed by atoms with Crippen molar-refractivity contribution in [1.82, 2.24) is 0 Å². The molecule has 0 aliphatic rings. The van der Waals surface area contributed by atoms with Crippen LogP contribution in [0.25, 0.3) is 0 Å². The van der Waals surface area contributed by atoms with E-state index < -0.39 is 0 Å². The summed E-state index contributed by atoms with van der Waals surface area (Å²) >= 11 is 11.2. The van der Waals surface area contributed by atoms with E-state index in [1.54, 1.807) is 6.08 Å². The van der Waals surface area contributed by atoms with Crippen molar-refractivity contribution in [2.24, 2.45) is 5.16 Å². The summed E-state index contributed by atoms with van der Waals surface area (Å²) in [6.07, 6.45) is 7.22. The van der Waals surface area contributed by atoms with Crippen LogP contribution in [-0.4, -0.2) is 37.8 Å². The van der Waals surface area contributed by atoms with Gasteiger partial charge in [0.05, 0.1) is 13.2 Å². The molecule has 0 heterocycles. The van der Waals surface area contributed by atoms with Crippen molar-refractivity contribution in [3.05, 3.63) is 33.8 Å². The molecule has 1 N–H and O–H groups in total. The first-order valence-corrected chi connectivity index (χ1v) is 10.0. The number of oxime groups is 1. The number of rotatable bonds is 14. The maximum Gasteiger partial charge on any atom is 0.125 e. The molecule has 0 saturated heterocycles. The highest BCUT2D eigenvalue weighted by molar-refractivity contribution is 6.55. The SMILES string of the molecule is CCc1cc(OCC=C(Cl)Cl)cc(CC)c1OCCCCOCC/C=N/O. The Morgan fingerprint density at radius 2 is 1.70 bits per heavy atom. The van der Waals surface area contributed by atoms with Gasteiger partial charge in [-0.05, 0) is 55.0 Å². The van der Waals surface area contributed by atoms with Gasteiger partial charge in [0.1, 0.15) is 22.6 Å². The number of hydrogen-bond donors (Lipinski definition) is 1. The van der Waals surface area contributed by atoms with Gasteiger partial charge in [-0.1, -0.05) is 37.0 Å². The summed E-state index contributed by atoms with van der Waals surface area (Å²) in [5.74, 6) is 1.75. The minimum Gasteiger partial charge on any atom is -0.493 e. The number of halogens is 2. The van der Waals surface area contributed by atoms with E-state index in [9.17, 15) is 0 Å². The molecule has 27 heavy (non-hydrogen) atoms. The number of nitrogens with zero attached hydrogens (tertiary/aromatic N) is 1. The van der Waals surface area contributed by atoms with Crippen molar-refractivity contribution >= 4 is 29.4 Å². The molecule has 0 unspecified atom stereocenters. The van der Waals surface area contributed by atoms with Crippen molar-refractivity contribution in [2.75, 3.05) is 26.4 Å². The molecule has 0 aromatic heterocycles. The predicted molar refractivity (Wildman–Crippen MR) is 111 cm³/mol. The van der Waals surface area contributed by atoms with Gasteiger partial charge in [-0.15, -0.1) is 5.16 Å². The van der Waals surface area contributed by atoms with Crippen LogP contribution in [0.5, 0.6) is 11.5 Å². The molecule has 0 radical (unpaired) electrons. The van der Waals surface area contributed by atoms with Crippen molar-refractivity contribution in [1.29, 1.82) is 0 Å². The fourth-order valence-corrected chi connectivity index (χ4v) is 2.62. The highest BCUT2D eigenvalue weighted by atomic mass is 35.5. The predicted octanol–water partition coefficient (Wildman–Crippen LogP) is 5.53. The van der Waals surface area contributed by atoms with Crippen LogP contribution in [0.1, 0.15) is 44.2 Å². The summed E-state index contributed by atoms with van der Waals surface area (Å²) in [6.45, 7) is 6.42. The maximum atomic E-state index is 8.29. The second-order valence-corrected chi connectivity index (χ2v) is 6.85. The summed E-state index contributed by atoms with van der Waals surface area (Å²) in [4.78, 5) is 0. The monoisotopic (exact) mass is 417 g/mol. The lowest BCUT2D eigenvalue weighted by Crippen LogP contribution is -2.06. The zero-order chi connectivity index (χ0) is 19.9. The van der Waals surface area contributed by atoms with Gasteiger partial charge in [0, 0.05) is 19.2 Å². The molecule has 0 amide bonds.